The highest BCUT2D eigenvalue weighted by Crippen LogP contribution is 2.22. The molecule has 0 unspecified atom stereocenters. The zero-order valence-electron chi connectivity index (χ0n) is 14.0. The summed E-state index contributed by atoms with van der Waals surface area (Å²) in [6.07, 6.45) is 2.98. The minimum atomic E-state index is -0.775. The molecule has 23 heavy (non-hydrogen) atoms. The molecule has 2 atom stereocenters. The van der Waals surface area contributed by atoms with Crippen LogP contribution in [0.3, 0.4) is 0 Å². The number of likely N-dealkylation sites (tertiary alicyclic amines) is 1. The number of piperidine rings is 1. The molecule has 2 rings (SSSR count). The zero-order valence-corrected chi connectivity index (χ0v) is 14.0. The zero-order chi connectivity index (χ0) is 16.8. The van der Waals surface area contributed by atoms with Gasteiger partial charge in [-0.25, -0.2) is 0 Å². The van der Waals surface area contributed by atoms with Crippen LogP contribution in [0, 0.1) is 5.92 Å². The number of hydrogen-bond donors (Lipinski definition) is 3. The summed E-state index contributed by atoms with van der Waals surface area (Å²) in [4.78, 5) is 14.4. The van der Waals surface area contributed by atoms with E-state index in [2.05, 4.69) is 17.3 Å². The van der Waals surface area contributed by atoms with Crippen LogP contribution in [-0.4, -0.2) is 47.2 Å². The second-order valence-electron chi connectivity index (χ2n) is 6.68. The van der Waals surface area contributed by atoms with Crippen molar-refractivity contribution < 1.29 is 15.0 Å². The van der Waals surface area contributed by atoms with Gasteiger partial charge in [0.15, 0.2) is 0 Å². The van der Waals surface area contributed by atoms with Gasteiger partial charge in [-0.2, -0.15) is 0 Å². The normalized spacial score (nSPS) is 19.3. The molecular formula is C18H28N2O3. The number of phenols is 1. The third-order valence-electron chi connectivity index (χ3n) is 4.71. The molecule has 1 amide bonds. The summed E-state index contributed by atoms with van der Waals surface area (Å²) in [5.41, 5.74) is 0.686. The summed E-state index contributed by atoms with van der Waals surface area (Å²) in [6.45, 7) is 4.02. The van der Waals surface area contributed by atoms with Crippen molar-refractivity contribution in [1.82, 2.24) is 10.2 Å². The number of phenolic OH excluding ortho intramolecular Hbond substituents is 1. The van der Waals surface area contributed by atoms with E-state index in [1.807, 2.05) is 0 Å². The van der Waals surface area contributed by atoms with Crippen LogP contribution in [0.4, 0.5) is 0 Å². The van der Waals surface area contributed by atoms with E-state index in [9.17, 15) is 15.0 Å². The summed E-state index contributed by atoms with van der Waals surface area (Å²) in [5.74, 6) is 0.791. The van der Waals surface area contributed by atoms with Crippen LogP contribution in [-0.2, 0) is 4.79 Å². The predicted octanol–water partition coefficient (Wildman–Crippen LogP) is 2.05. The smallest absolute Gasteiger partial charge is 0.220 e. The molecule has 3 N–H and O–H groups in total. The Balaban J connectivity index is 1.74. The highest BCUT2D eigenvalue weighted by atomic mass is 16.3. The molecule has 1 aliphatic rings. The first-order valence-corrected chi connectivity index (χ1v) is 8.40. The van der Waals surface area contributed by atoms with Crippen LogP contribution in [0.15, 0.2) is 24.3 Å². The molecule has 1 aromatic carbocycles. The second-order valence-corrected chi connectivity index (χ2v) is 6.68. The lowest BCUT2D eigenvalue weighted by molar-refractivity contribution is -0.122. The fraction of sp³-hybridized carbons (Fsp3) is 0.611. The first-order chi connectivity index (χ1) is 11.0. The number of nitrogens with one attached hydrogen (secondary N) is 1. The quantitative estimate of drug-likeness (QED) is 0.750. The first kappa shape index (κ1) is 17.8. The van der Waals surface area contributed by atoms with E-state index in [1.165, 1.54) is 12.1 Å². The van der Waals surface area contributed by atoms with Crippen molar-refractivity contribution in [2.75, 3.05) is 20.1 Å². The van der Waals surface area contributed by atoms with Crippen LogP contribution in [0.2, 0.25) is 0 Å². The number of aliphatic hydroxyl groups is 1. The number of aliphatic hydroxyl groups excluding tert-OH is 1. The van der Waals surface area contributed by atoms with Crippen LogP contribution < -0.4 is 5.32 Å². The molecular weight excluding hydrogens is 292 g/mol. The Morgan fingerprint density at radius 3 is 2.52 bits per heavy atom. The van der Waals surface area contributed by atoms with Crippen molar-refractivity contribution in [2.24, 2.45) is 5.92 Å². The maximum atomic E-state index is 12.1. The van der Waals surface area contributed by atoms with Gasteiger partial charge in [0, 0.05) is 6.42 Å². The fourth-order valence-electron chi connectivity index (χ4n) is 3.05. The Labute approximate surface area is 138 Å². The summed E-state index contributed by atoms with van der Waals surface area (Å²) >= 11 is 0. The molecule has 0 spiro atoms. The van der Waals surface area contributed by atoms with Crippen molar-refractivity contribution in [1.29, 1.82) is 0 Å². The Hall–Kier alpha value is -1.59. The largest absolute Gasteiger partial charge is 0.508 e. The van der Waals surface area contributed by atoms with Gasteiger partial charge in [0.1, 0.15) is 5.75 Å². The van der Waals surface area contributed by atoms with Crippen molar-refractivity contribution in [2.45, 2.75) is 44.8 Å². The van der Waals surface area contributed by atoms with Gasteiger partial charge in [-0.05, 0) is 69.9 Å². The molecule has 1 saturated heterocycles. The predicted molar refractivity (Wildman–Crippen MR) is 90.1 cm³/mol. The molecule has 0 radical (unpaired) electrons. The average molecular weight is 320 g/mol. The topological polar surface area (TPSA) is 72.8 Å². The van der Waals surface area contributed by atoms with Gasteiger partial charge >= 0.3 is 0 Å². The highest BCUT2D eigenvalue weighted by molar-refractivity contribution is 5.76. The van der Waals surface area contributed by atoms with Crippen LogP contribution in [0.5, 0.6) is 5.75 Å². The molecule has 1 fully saturated rings. The first-order valence-electron chi connectivity index (χ1n) is 8.40. The van der Waals surface area contributed by atoms with Crippen LogP contribution >= 0.6 is 0 Å². The molecule has 1 aromatic rings. The standard InChI is InChI=1S/C18H28N2O3/c1-13(18(23)15-4-6-16(21)7-5-15)19-17(22)8-3-14-9-11-20(2)12-10-14/h4-7,13-14,18,21,23H,3,8-12H2,1-2H3,(H,19,22)/t13-,18-/m0/s1. The summed E-state index contributed by atoms with van der Waals surface area (Å²) in [5, 5.41) is 22.4. The molecule has 0 aromatic heterocycles. The third-order valence-corrected chi connectivity index (χ3v) is 4.71. The van der Waals surface area contributed by atoms with Crippen molar-refractivity contribution in [3.8, 4) is 5.75 Å². The average Bonchev–Trinajstić information content (AvgIpc) is 2.54. The van der Waals surface area contributed by atoms with Gasteiger partial charge in [-0.1, -0.05) is 12.1 Å². The van der Waals surface area contributed by atoms with E-state index in [0.29, 0.717) is 17.9 Å². The van der Waals surface area contributed by atoms with Crippen molar-refractivity contribution in [3.63, 3.8) is 0 Å². The molecule has 128 valence electrons. The van der Waals surface area contributed by atoms with E-state index in [0.717, 1.165) is 32.4 Å². The monoisotopic (exact) mass is 320 g/mol. The Morgan fingerprint density at radius 1 is 1.30 bits per heavy atom. The maximum absolute atomic E-state index is 12.1. The van der Waals surface area contributed by atoms with Gasteiger partial charge in [0.2, 0.25) is 5.91 Å². The van der Waals surface area contributed by atoms with Crippen molar-refractivity contribution in [3.05, 3.63) is 29.8 Å². The molecule has 0 bridgehead atoms. The van der Waals surface area contributed by atoms with Crippen LogP contribution in [0.25, 0.3) is 0 Å². The lowest BCUT2D eigenvalue weighted by Crippen LogP contribution is -2.37. The Bertz CT molecular complexity index is 495. The maximum Gasteiger partial charge on any atom is 0.220 e. The molecule has 1 aliphatic heterocycles. The number of aromatic hydroxyl groups is 1. The lowest BCUT2D eigenvalue weighted by atomic mass is 9.92. The number of benzene rings is 1. The Morgan fingerprint density at radius 2 is 1.91 bits per heavy atom. The SMILES string of the molecule is C[C@H](NC(=O)CCC1CCN(C)CC1)[C@H](O)c1ccc(O)cc1. The van der Waals surface area contributed by atoms with E-state index < -0.39 is 6.10 Å². The van der Waals surface area contributed by atoms with Gasteiger partial charge in [-0.15, -0.1) is 0 Å². The molecule has 5 heteroatoms. The number of nitrogens with zero attached hydrogens (tertiary/aromatic N) is 1. The number of rotatable bonds is 6. The van der Waals surface area contributed by atoms with Gasteiger partial charge < -0.3 is 20.4 Å². The highest BCUT2D eigenvalue weighted by Gasteiger charge is 2.20. The number of amides is 1. The number of carbonyl (C=O) groups excluding carboxylic acids is 1. The van der Waals surface area contributed by atoms with Gasteiger partial charge in [-0.3, -0.25) is 4.79 Å². The van der Waals surface area contributed by atoms with Crippen molar-refractivity contribution >= 4 is 5.91 Å². The van der Waals surface area contributed by atoms with Crippen LogP contribution in [0.1, 0.15) is 44.3 Å². The third kappa shape index (κ3) is 5.52. The van der Waals surface area contributed by atoms with Gasteiger partial charge in [0.25, 0.3) is 0 Å². The molecule has 0 aliphatic carbocycles. The molecule has 0 saturated carbocycles. The molecule has 1 heterocycles. The molecule has 5 nitrogen and oxygen atoms in total. The fourth-order valence-corrected chi connectivity index (χ4v) is 3.05. The Kier molecular flexibility index (Phi) is 6.42. The second kappa shape index (κ2) is 8.31. The number of hydrogen-bond acceptors (Lipinski definition) is 4. The van der Waals surface area contributed by atoms with E-state index in [1.54, 1.807) is 19.1 Å². The van der Waals surface area contributed by atoms with E-state index in [4.69, 9.17) is 0 Å². The summed E-state index contributed by atoms with van der Waals surface area (Å²) < 4.78 is 0. The van der Waals surface area contributed by atoms with E-state index >= 15 is 0 Å². The van der Waals surface area contributed by atoms with Gasteiger partial charge in [0.05, 0.1) is 12.1 Å². The lowest BCUT2D eigenvalue weighted by Gasteiger charge is -2.29. The number of carbonyl (C=O) groups is 1. The minimum Gasteiger partial charge on any atom is -0.508 e. The minimum absolute atomic E-state index is 0.00532. The van der Waals surface area contributed by atoms with E-state index in [-0.39, 0.29) is 17.7 Å². The summed E-state index contributed by atoms with van der Waals surface area (Å²) in [6, 6.07) is 6.05. The summed E-state index contributed by atoms with van der Waals surface area (Å²) in [7, 11) is 2.13.